The predicted octanol–water partition coefficient (Wildman–Crippen LogP) is 1.65. The summed E-state index contributed by atoms with van der Waals surface area (Å²) in [5.41, 5.74) is 5.37. The van der Waals surface area contributed by atoms with Crippen molar-refractivity contribution in [2.45, 2.75) is 24.1 Å². The van der Waals surface area contributed by atoms with E-state index in [9.17, 15) is 14.4 Å². The maximum Gasteiger partial charge on any atom is 0.277 e. The summed E-state index contributed by atoms with van der Waals surface area (Å²) >= 11 is 6.83. The number of amides is 2. The summed E-state index contributed by atoms with van der Waals surface area (Å²) in [6, 6.07) is 6.17. The number of H-pyrrole nitrogens is 1. The summed E-state index contributed by atoms with van der Waals surface area (Å²) in [6.45, 7) is 1.18. The molecule has 0 saturated carbocycles. The van der Waals surface area contributed by atoms with Gasteiger partial charge < -0.3 is 21.1 Å². The number of rotatable bonds is 7. The number of aromatic nitrogens is 2. The number of hydrogen-bond acceptors (Lipinski definition) is 7. The maximum atomic E-state index is 12.3. The molecule has 154 valence electrons. The van der Waals surface area contributed by atoms with E-state index in [1.807, 2.05) is 0 Å². The topological polar surface area (TPSA) is 139 Å². The first-order valence-corrected chi connectivity index (χ1v) is 10.3. The van der Waals surface area contributed by atoms with E-state index in [1.54, 1.807) is 12.1 Å². The van der Waals surface area contributed by atoms with Crippen molar-refractivity contribution in [3.8, 4) is 0 Å². The van der Waals surface area contributed by atoms with Gasteiger partial charge in [0.1, 0.15) is 5.69 Å². The summed E-state index contributed by atoms with van der Waals surface area (Å²) in [7, 11) is 0. The first kappa shape index (κ1) is 21.2. The lowest BCUT2D eigenvalue weighted by molar-refractivity contribution is -0.119. The van der Waals surface area contributed by atoms with Crippen LogP contribution in [0.4, 0.5) is 11.5 Å². The first-order chi connectivity index (χ1) is 13.9. The largest absolute Gasteiger partial charge is 0.382 e. The van der Waals surface area contributed by atoms with Gasteiger partial charge in [-0.3, -0.25) is 19.4 Å². The number of carbonyl (C=O) groups excluding carboxylic acids is 2. The molecule has 11 heteroatoms. The Bertz CT molecular complexity index is 944. The zero-order valence-corrected chi connectivity index (χ0v) is 16.9. The highest BCUT2D eigenvalue weighted by atomic mass is 35.5. The standard InChI is InChI=1S/C18H20ClN5O4S/c19-11-5-3-10(4-6-11)16(26)22-14-15(20)23-18(24-17(14)27)29-9-13(25)21-8-12-2-1-7-28-12/h3-6,12H,1-2,7-9H2,(H,21,25)(H,22,26)(H3,20,23,24,27). The molecule has 0 spiro atoms. The van der Waals surface area contributed by atoms with E-state index >= 15 is 0 Å². The molecule has 2 aromatic rings. The Morgan fingerprint density at radius 3 is 2.76 bits per heavy atom. The number of carbonyl (C=O) groups is 2. The second kappa shape index (κ2) is 9.77. The van der Waals surface area contributed by atoms with Crippen LogP contribution in [0.1, 0.15) is 23.2 Å². The van der Waals surface area contributed by atoms with Gasteiger partial charge in [0, 0.05) is 23.7 Å². The number of thioether (sulfide) groups is 1. The van der Waals surface area contributed by atoms with Crippen molar-refractivity contribution in [2.75, 3.05) is 30.0 Å². The first-order valence-electron chi connectivity index (χ1n) is 8.90. The number of nitrogens with one attached hydrogen (secondary N) is 3. The Kier molecular flexibility index (Phi) is 7.13. The second-order valence-corrected chi connectivity index (χ2v) is 7.72. The second-order valence-electron chi connectivity index (χ2n) is 6.32. The molecule has 1 aromatic heterocycles. The van der Waals surface area contributed by atoms with Gasteiger partial charge in [0.05, 0.1) is 11.9 Å². The lowest BCUT2D eigenvalue weighted by atomic mass is 10.2. The van der Waals surface area contributed by atoms with Gasteiger partial charge in [-0.25, -0.2) is 4.98 Å². The van der Waals surface area contributed by atoms with Crippen LogP contribution >= 0.6 is 23.4 Å². The van der Waals surface area contributed by atoms with Crippen LogP contribution in [0.2, 0.25) is 5.02 Å². The molecule has 1 atom stereocenters. The zero-order valence-electron chi connectivity index (χ0n) is 15.4. The summed E-state index contributed by atoms with van der Waals surface area (Å²) in [5, 5.41) is 5.90. The molecule has 2 heterocycles. The van der Waals surface area contributed by atoms with Gasteiger partial charge in [0.25, 0.3) is 11.5 Å². The SMILES string of the molecule is Nc1nc(SCC(=O)NCC2CCCO2)[nH]c(=O)c1NC(=O)c1ccc(Cl)cc1. The van der Waals surface area contributed by atoms with Crippen molar-refractivity contribution in [1.29, 1.82) is 0 Å². The van der Waals surface area contributed by atoms with Crippen LogP contribution in [0.3, 0.4) is 0 Å². The number of nitrogen functional groups attached to an aromatic ring is 1. The number of hydrogen-bond donors (Lipinski definition) is 4. The molecular weight excluding hydrogens is 418 g/mol. The fourth-order valence-electron chi connectivity index (χ4n) is 2.66. The molecule has 3 rings (SSSR count). The third-order valence-corrected chi connectivity index (χ3v) is 5.29. The van der Waals surface area contributed by atoms with Crippen LogP contribution in [0.15, 0.2) is 34.2 Å². The monoisotopic (exact) mass is 437 g/mol. The predicted molar refractivity (Wildman–Crippen MR) is 111 cm³/mol. The van der Waals surface area contributed by atoms with Crippen molar-refractivity contribution in [3.05, 3.63) is 45.2 Å². The van der Waals surface area contributed by atoms with Gasteiger partial charge in [0.2, 0.25) is 5.91 Å². The molecule has 0 aliphatic carbocycles. The van der Waals surface area contributed by atoms with E-state index in [2.05, 4.69) is 20.6 Å². The number of aromatic amines is 1. The Hall–Kier alpha value is -2.56. The number of halogens is 1. The van der Waals surface area contributed by atoms with Gasteiger partial charge in [-0.2, -0.15) is 0 Å². The Morgan fingerprint density at radius 1 is 1.34 bits per heavy atom. The van der Waals surface area contributed by atoms with Crippen LogP contribution < -0.4 is 21.9 Å². The molecule has 1 aromatic carbocycles. The minimum Gasteiger partial charge on any atom is -0.382 e. The lowest BCUT2D eigenvalue weighted by Gasteiger charge is -2.11. The van der Waals surface area contributed by atoms with Gasteiger partial charge in [-0.15, -0.1) is 0 Å². The zero-order chi connectivity index (χ0) is 20.8. The van der Waals surface area contributed by atoms with Gasteiger partial charge in [-0.1, -0.05) is 23.4 Å². The highest BCUT2D eigenvalue weighted by Crippen LogP contribution is 2.18. The molecule has 1 saturated heterocycles. The number of ether oxygens (including phenoxy) is 1. The van der Waals surface area contributed by atoms with Crippen molar-refractivity contribution in [3.63, 3.8) is 0 Å². The molecule has 1 aliphatic rings. The van der Waals surface area contributed by atoms with Crippen molar-refractivity contribution in [1.82, 2.24) is 15.3 Å². The van der Waals surface area contributed by atoms with E-state index in [1.165, 1.54) is 12.1 Å². The van der Waals surface area contributed by atoms with E-state index in [0.29, 0.717) is 17.1 Å². The number of nitrogens with zero attached hydrogens (tertiary/aromatic N) is 1. The maximum absolute atomic E-state index is 12.3. The Balaban J connectivity index is 1.57. The Labute approximate surface area is 175 Å². The molecule has 9 nitrogen and oxygen atoms in total. The normalized spacial score (nSPS) is 15.8. The molecular formula is C18H20ClN5O4S. The average Bonchev–Trinajstić information content (AvgIpc) is 3.21. The average molecular weight is 438 g/mol. The van der Waals surface area contributed by atoms with E-state index < -0.39 is 11.5 Å². The highest BCUT2D eigenvalue weighted by Gasteiger charge is 2.17. The third kappa shape index (κ3) is 5.96. The quantitative estimate of drug-likeness (QED) is 0.381. The highest BCUT2D eigenvalue weighted by molar-refractivity contribution is 7.99. The summed E-state index contributed by atoms with van der Waals surface area (Å²) < 4.78 is 5.44. The molecule has 0 bridgehead atoms. The molecule has 0 radical (unpaired) electrons. The van der Waals surface area contributed by atoms with Crippen LogP contribution in [-0.4, -0.2) is 46.8 Å². The molecule has 1 aliphatic heterocycles. The van der Waals surface area contributed by atoms with Crippen LogP contribution in [0.25, 0.3) is 0 Å². The summed E-state index contributed by atoms with van der Waals surface area (Å²) in [6.07, 6.45) is 1.99. The molecule has 1 unspecified atom stereocenters. The van der Waals surface area contributed by atoms with Crippen LogP contribution in [0.5, 0.6) is 0 Å². The van der Waals surface area contributed by atoms with Gasteiger partial charge in [-0.05, 0) is 37.1 Å². The number of anilines is 2. The van der Waals surface area contributed by atoms with E-state index in [-0.39, 0.29) is 34.4 Å². The fraction of sp³-hybridized carbons (Fsp3) is 0.333. The number of benzene rings is 1. The van der Waals surface area contributed by atoms with Crippen molar-refractivity contribution >= 4 is 46.7 Å². The van der Waals surface area contributed by atoms with Crippen molar-refractivity contribution < 1.29 is 14.3 Å². The van der Waals surface area contributed by atoms with Crippen molar-refractivity contribution in [2.24, 2.45) is 0 Å². The molecule has 29 heavy (non-hydrogen) atoms. The van der Waals surface area contributed by atoms with Crippen LogP contribution in [-0.2, 0) is 9.53 Å². The Morgan fingerprint density at radius 2 is 2.10 bits per heavy atom. The van der Waals surface area contributed by atoms with Crippen LogP contribution in [0, 0.1) is 0 Å². The minimum absolute atomic E-state index is 0.0565. The summed E-state index contributed by atoms with van der Waals surface area (Å²) in [5.74, 6) is -0.800. The van der Waals surface area contributed by atoms with E-state index in [4.69, 9.17) is 22.1 Å². The summed E-state index contributed by atoms with van der Waals surface area (Å²) in [4.78, 5) is 43.0. The molecule has 1 fully saturated rings. The lowest BCUT2D eigenvalue weighted by Crippen LogP contribution is -2.33. The third-order valence-electron chi connectivity index (χ3n) is 4.16. The van der Waals surface area contributed by atoms with Gasteiger partial charge in [0.15, 0.2) is 11.0 Å². The smallest absolute Gasteiger partial charge is 0.277 e. The molecule has 5 N–H and O–H groups in total. The van der Waals surface area contributed by atoms with E-state index in [0.717, 1.165) is 31.2 Å². The van der Waals surface area contributed by atoms with Gasteiger partial charge >= 0.3 is 0 Å². The minimum atomic E-state index is -0.609. The number of nitrogens with two attached hydrogens (primary N) is 1. The fourth-order valence-corrected chi connectivity index (χ4v) is 3.49. The molecule has 2 amide bonds.